The van der Waals surface area contributed by atoms with E-state index in [4.69, 9.17) is 11.6 Å². The maximum Gasteiger partial charge on any atom is 0.230 e. The van der Waals surface area contributed by atoms with Gasteiger partial charge >= 0.3 is 0 Å². The monoisotopic (exact) mass is 303 g/mol. The van der Waals surface area contributed by atoms with E-state index in [0.717, 1.165) is 31.4 Å². The number of allylic oxidation sites excluding steroid dienone is 1. The number of halogens is 1. The molecule has 3 heteroatoms. The first-order valence-corrected chi connectivity index (χ1v) is 8.31. The molecule has 112 valence electrons. The molecule has 2 aliphatic rings. The molecule has 0 atom stereocenters. The van der Waals surface area contributed by atoms with Gasteiger partial charge < -0.3 is 5.32 Å². The van der Waals surface area contributed by atoms with Crippen LogP contribution in [0.4, 0.5) is 0 Å². The van der Waals surface area contributed by atoms with E-state index < -0.39 is 0 Å². The highest BCUT2D eigenvalue weighted by Crippen LogP contribution is 2.50. The van der Waals surface area contributed by atoms with Crippen LogP contribution in [0, 0.1) is 0 Å². The number of nitrogens with one attached hydrogen (secondary N) is 1. The van der Waals surface area contributed by atoms with Crippen LogP contribution in [0.15, 0.2) is 35.9 Å². The van der Waals surface area contributed by atoms with Crippen LogP contribution in [0.1, 0.15) is 50.5 Å². The van der Waals surface area contributed by atoms with Gasteiger partial charge in [0.05, 0.1) is 5.41 Å². The highest BCUT2D eigenvalue weighted by Gasteiger charge is 2.52. The highest BCUT2D eigenvalue weighted by molar-refractivity contribution is 6.31. The molecule has 2 aliphatic carbocycles. The second-order valence-electron chi connectivity index (χ2n) is 6.18. The molecule has 0 aromatic heterocycles. The molecule has 2 nitrogen and oxygen atoms in total. The van der Waals surface area contributed by atoms with Crippen molar-refractivity contribution in [1.82, 2.24) is 5.32 Å². The number of carbonyl (C=O) groups excluding carboxylic acids is 1. The molecule has 1 aromatic carbocycles. The van der Waals surface area contributed by atoms with Gasteiger partial charge in [-0.1, -0.05) is 41.4 Å². The van der Waals surface area contributed by atoms with Crippen molar-refractivity contribution in [3.63, 3.8) is 0 Å². The van der Waals surface area contributed by atoms with Crippen LogP contribution in [-0.2, 0) is 10.2 Å². The fourth-order valence-corrected chi connectivity index (χ4v) is 3.55. The molecule has 0 bridgehead atoms. The zero-order valence-electron chi connectivity index (χ0n) is 12.3. The zero-order valence-corrected chi connectivity index (χ0v) is 13.1. The van der Waals surface area contributed by atoms with Crippen molar-refractivity contribution in [2.24, 2.45) is 0 Å². The van der Waals surface area contributed by atoms with E-state index in [1.807, 2.05) is 24.3 Å². The maximum atomic E-state index is 12.5. The predicted octanol–water partition coefficient (Wildman–Crippen LogP) is 4.38. The van der Waals surface area contributed by atoms with E-state index in [2.05, 4.69) is 11.4 Å². The molecular weight excluding hydrogens is 282 g/mol. The van der Waals surface area contributed by atoms with E-state index in [0.29, 0.717) is 5.02 Å². The number of hydrogen-bond acceptors (Lipinski definition) is 1. The van der Waals surface area contributed by atoms with Gasteiger partial charge in [-0.3, -0.25) is 4.79 Å². The van der Waals surface area contributed by atoms with Crippen molar-refractivity contribution in [3.05, 3.63) is 46.5 Å². The first-order chi connectivity index (χ1) is 10.2. The predicted molar refractivity (Wildman–Crippen MR) is 86.5 cm³/mol. The lowest BCUT2D eigenvalue weighted by Crippen LogP contribution is -2.35. The van der Waals surface area contributed by atoms with Gasteiger partial charge in [-0.2, -0.15) is 0 Å². The summed E-state index contributed by atoms with van der Waals surface area (Å²) in [5, 5.41) is 3.83. The molecule has 1 fully saturated rings. The zero-order chi connectivity index (χ0) is 14.7. The minimum absolute atomic E-state index is 0.145. The Morgan fingerprint density at radius 3 is 2.71 bits per heavy atom. The molecule has 3 rings (SSSR count). The van der Waals surface area contributed by atoms with Gasteiger partial charge in [0.15, 0.2) is 0 Å². The summed E-state index contributed by atoms with van der Waals surface area (Å²) in [5.74, 6) is 0.145. The standard InChI is InChI=1S/C18H22ClNO/c19-16-9-5-4-8-15(16)18(11-12-18)17(21)20-13-10-14-6-2-1-3-7-14/h4-6,8-9H,1-3,7,10-13H2,(H,20,21). The van der Waals surface area contributed by atoms with E-state index in [1.165, 1.54) is 31.3 Å². The summed E-state index contributed by atoms with van der Waals surface area (Å²) < 4.78 is 0. The van der Waals surface area contributed by atoms with Crippen molar-refractivity contribution in [3.8, 4) is 0 Å². The van der Waals surface area contributed by atoms with Gasteiger partial charge in [-0.05, 0) is 56.6 Å². The highest BCUT2D eigenvalue weighted by atomic mass is 35.5. The summed E-state index contributed by atoms with van der Waals surface area (Å²) in [5.41, 5.74) is 2.13. The van der Waals surface area contributed by atoms with Gasteiger partial charge in [-0.25, -0.2) is 0 Å². The Bertz CT molecular complexity index is 560. The topological polar surface area (TPSA) is 29.1 Å². The summed E-state index contributed by atoms with van der Waals surface area (Å²) >= 11 is 6.26. The fourth-order valence-electron chi connectivity index (χ4n) is 3.23. The fraction of sp³-hybridized carbons (Fsp3) is 0.500. The minimum Gasteiger partial charge on any atom is -0.355 e. The van der Waals surface area contributed by atoms with Crippen LogP contribution in [-0.4, -0.2) is 12.5 Å². The number of benzene rings is 1. The van der Waals surface area contributed by atoms with E-state index >= 15 is 0 Å². The molecule has 0 unspecified atom stereocenters. The van der Waals surface area contributed by atoms with Crippen LogP contribution in [0.2, 0.25) is 5.02 Å². The largest absolute Gasteiger partial charge is 0.355 e. The average molecular weight is 304 g/mol. The normalized spacial score (nSPS) is 19.8. The Hall–Kier alpha value is -1.28. The average Bonchev–Trinajstić information content (AvgIpc) is 3.30. The van der Waals surface area contributed by atoms with E-state index in [1.54, 1.807) is 0 Å². The lowest BCUT2D eigenvalue weighted by atomic mass is 9.94. The van der Waals surface area contributed by atoms with E-state index in [9.17, 15) is 4.79 Å². The van der Waals surface area contributed by atoms with Crippen molar-refractivity contribution in [2.75, 3.05) is 6.54 Å². The van der Waals surface area contributed by atoms with Crippen molar-refractivity contribution < 1.29 is 4.79 Å². The van der Waals surface area contributed by atoms with E-state index in [-0.39, 0.29) is 11.3 Å². The van der Waals surface area contributed by atoms with Crippen LogP contribution < -0.4 is 5.32 Å². The molecule has 0 aliphatic heterocycles. The Morgan fingerprint density at radius 1 is 1.24 bits per heavy atom. The minimum atomic E-state index is -0.362. The number of amides is 1. The molecule has 0 spiro atoms. The molecule has 1 saturated carbocycles. The van der Waals surface area contributed by atoms with Gasteiger partial charge in [0, 0.05) is 11.6 Å². The van der Waals surface area contributed by atoms with Gasteiger partial charge in [0.25, 0.3) is 0 Å². The van der Waals surface area contributed by atoms with Gasteiger partial charge in [0.2, 0.25) is 5.91 Å². The van der Waals surface area contributed by atoms with Gasteiger partial charge in [-0.15, -0.1) is 0 Å². The first-order valence-electron chi connectivity index (χ1n) is 7.94. The van der Waals surface area contributed by atoms with Gasteiger partial charge in [0.1, 0.15) is 0 Å². The third-order valence-corrected chi connectivity index (χ3v) is 5.02. The lowest BCUT2D eigenvalue weighted by molar-refractivity contribution is -0.123. The number of hydrogen-bond donors (Lipinski definition) is 1. The SMILES string of the molecule is O=C(NCCC1=CCCCC1)C1(c2ccccc2Cl)CC1. The number of rotatable bonds is 5. The molecule has 0 saturated heterocycles. The second kappa shape index (κ2) is 6.23. The Balaban J connectivity index is 1.58. The summed E-state index contributed by atoms with van der Waals surface area (Å²) in [6.45, 7) is 0.747. The lowest BCUT2D eigenvalue weighted by Gasteiger charge is -2.18. The van der Waals surface area contributed by atoms with Crippen molar-refractivity contribution in [2.45, 2.75) is 50.4 Å². The smallest absolute Gasteiger partial charge is 0.230 e. The quantitative estimate of drug-likeness (QED) is 0.804. The molecule has 0 heterocycles. The third kappa shape index (κ3) is 3.16. The Labute approximate surface area is 131 Å². The summed E-state index contributed by atoms with van der Waals surface area (Å²) in [4.78, 5) is 12.5. The Morgan fingerprint density at radius 2 is 2.05 bits per heavy atom. The van der Waals surface area contributed by atoms with Crippen LogP contribution in [0.5, 0.6) is 0 Å². The summed E-state index contributed by atoms with van der Waals surface area (Å²) in [6, 6.07) is 7.73. The van der Waals surface area contributed by atoms with Crippen LogP contribution in [0.3, 0.4) is 0 Å². The second-order valence-corrected chi connectivity index (χ2v) is 6.58. The first kappa shape index (κ1) is 14.6. The van der Waals surface area contributed by atoms with Crippen LogP contribution in [0.25, 0.3) is 0 Å². The molecule has 0 radical (unpaired) electrons. The molecule has 21 heavy (non-hydrogen) atoms. The van der Waals surface area contributed by atoms with Crippen molar-refractivity contribution in [1.29, 1.82) is 0 Å². The molecular formula is C18H22ClNO. The van der Waals surface area contributed by atoms with Crippen molar-refractivity contribution >= 4 is 17.5 Å². The maximum absolute atomic E-state index is 12.5. The number of carbonyl (C=O) groups is 1. The summed E-state index contributed by atoms with van der Waals surface area (Å²) in [7, 11) is 0. The Kier molecular flexibility index (Phi) is 4.34. The third-order valence-electron chi connectivity index (χ3n) is 4.69. The van der Waals surface area contributed by atoms with Crippen LogP contribution >= 0.6 is 11.6 Å². The summed E-state index contributed by atoms with van der Waals surface area (Å²) in [6.07, 6.45) is 10.2. The molecule has 1 N–H and O–H groups in total. The molecule has 1 aromatic rings. The molecule has 1 amide bonds.